The first-order valence-electron chi connectivity index (χ1n) is 6.00. The Balaban J connectivity index is 1.60. The molecule has 0 N–H and O–H groups in total. The molecule has 1 saturated carbocycles. The lowest BCUT2D eigenvalue weighted by Gasteiger charge is -2.59. The van der Waals surface area contributed by atoms with Crippen LogP contribution in [0.2, 0.25) is 0 Å². The third kappa shape index (κ3) is 2.52. The molecule has 0 aromatic carbocycles. The fourth-order valence-corrected chi connectivity index (χ4v) is 2.93. The first kappa shape index (κ1) is 11.4. The van der Waals surface area contributed by atoms with Gasteiger partial charge in [0.25, 0.3) is 0 Å². The monoisotopic (exact) mass is 213 g/mol. The van der Waals surface area contributed by atoms with Crippen LogP contribution in [0.25, 0.3) is 0 Å². The number of ether oxygens (including phenoxy) is 2. The molecule has 0 amide bonds. The molecular weight excluding hydrogens is 190 g/mol. The van der Waals surface area contributed by atoms with Crippen LogP contribution in [0.15, 0.2) is 0 Å². The maximum atomic E-state index is 5.79. The predicted octanol–water partition coefficient (Wildman–Crippen LogP) is 1.52. The second kappa shape index (κ2) is 4.40. The molecule has 0 bridgehead atoms. The maximum absolute atomic E-state index is 5.79. The molecule has 0 unspecified atom stereocenters. The van der Waals surface area contributed by atoms with E-state index in [1.54, 1.807) is 7.11 Å². The zero-order valence-electron chi connectivity index (χ0n) is 10.2. The van der Waals surface area contributed by atoms with Crippen molar-refractivity contribution in [2.24, 2.45) is 5.41 Å². The summed E-state index contributed by atoms with van der Waals surface area (Å²) in [5.74, 6) is 0. The molecule has 2 rings (SSSR count). The molecule has 2 aliphatic rings. The smallest absolute Gasteiger partial charge is 0.0591 e. The molecule has 1 spiro atoms. The van der Waals surface area contributed by atoms with E-state index >= 15 is 0 Å². The second-order valence-corrected chi connectivity index (χ2v) is 5.42. The summed E-state index contributed by atoms with van der Waals surface area (Å²) in [7, 11) is 1.77. The van der Waals surface area contributed by atoms with Crippen LogP contribution in [0.4, 0.5) is 0 Å². The van der Waals surface area contributed by atoms with Crippen LogP contribution in [0.1, 0.15) is 26.7 Å². The van der Waals surface area contributed by atoms with Crippen molar-refractivity contribution in [3.05, 3.63) is 0 Å². The Morgan fingerprint density at radius 3 is 2.53 bits per heavy atom. The zero-order valence-corrected chi connectivity index (χ0v) is 10.2. The van der Waals surface area contributed by atoms with Crippen LogP contribution in [0.5, 0.6) is 0 Å². The predicted molar refractivity (Wildman–Crippen MR) is 60.0 cm³/mol. The van der Waals surface area contributed by atoms with Gasteiger partial charge in [0.1, 0.15) is 0 Å². The highest BCUT2D eigenvalue weighted by molar-refractivity contribution is 5.05. The summed E-state index contributed by atoms with van der Waals surface area (Å²) < 4.78 is 10.9. The van der Waals surface area contributed by atoms with Crippen LogP contribution >= 0.6 is 0 Å². The van der Waals surface area contributed by atoms with E-state index in [-0.39, 0.29) is 0 Å². The lowest BCUT2D eigenvalue weighted by molar-refractivity contribution is -0.164. The van der Waals surface area contributed by atoms with Gasteiger partial charge < -0.3 is 9.47 Å². The molecule has 0 atom stereocenters. The number of methoxy groups -OCH3 is 1. The van der Waals surface area contributed by atoms with Crippen LogP contribution in [0, 0.1) is 5.41 Å². The van der Waals surface area contributed by atoms with Gasteiger partial charge in [-0.05, 0) is 26.7 Å². The van der Waals surface area contributed by atoms with Crippen molar-refractivity contribution < 1.29 is 9.47 Å². The van der Waals surface area contributed by atoms with Gasteiger partial charge in [-0.2, -0.15) is 0 Å². The lowest BCUT2D eigenvalue weighted by atomic mass is 9.62. The number of nitrogens with zero attached hydrogens (tertiary/aromatic N) is 1. The molecular formula is C12H23NO2. The summed E-state index contributed by atoms with van der Waals surface area (Å²) in [5.41, 5.74) is 0.618. The average Bonchev–Trinajstić information content (AvgIpc) is 2.04. The van der Waals surface area contributed by atoms with Crippen LogP contribution in [-0.2, 0) is 9.47 Å². The average molecular weight is 213 g/mol. The quantitative estimate of drug-likeness (QED) is 0.691. The van der Waals surface area contributed by atoms with Crippen LogP contribution in [0.3, 0.4) is 0 Å². The fraction of sp³-hybridized carbons (Fsp3) is 1.00. The molecule has 1 saturated heterocycles. The van der Waals surface area contributed by atoms with E-state index in [0.29, 0.717) is 17.6 Å². The molecule has 2 fully saturated rings. The molecule has 1 aliphatic carbocycles. The Hall–Kier alpha value is -0.120. The zero-order chi connectivity index (χ0) is 10.9. The number of rotatable bonds is 5. The molecule has 0 radical (unpaired) electrons. The van der Waals surface area contributed by atoms with Gasteiger partial charge in [0.05, 0.1) is 18.8 Å². The maximum Gasteiger partial charge on any atom is 0.0591 e. The standard InChI is InChI=1S/C12H23NO2/c1-10(2)15-11-6-12(7-11)8-13(9-12)4-5-14-3/h10-11H,4-9H2,1-3H3. The van der Waals surface area contributed by atoms with Crippen molar-refractivity contribution >= 4 is 0 Å². The van der Waals surface area contributed by atoms with Gasteiger partial charge >= 0.3 is 0 Å². The first-order chi connectivity index (χ1) is 7.13. The summed E-state index contributed by atoms with van der Waals surface area (Å²) in [6, 6.07) is 0. The largest absolute Gasteiger partial charge is 0.383 e. The highest BCUT2D eigenvalue weighted by atomic mass is 16.5. The highest BCUT2D eigenvalue weighted by Crippen LogP contribution is 2.49. The van der Waals surface area contributed by atoms with Gasteiger partial charge in [-0.1, -0.05) is 0 Å². The van der Waals surface area contributed by atoms with Crippen molar-refractivity contribution in [3.8, 4) is 0 Å². The Morgan fingerprint density at radius 1 is 1.33 bits per heavy atom. The van der Waals surface area contributed by atoms with E-state index in [9.17, 15) is 0 Å². The first-order valence-corrected chi connectivity index (χ1v) is 6.00. The van der Waals surface area contributed by atoms with E-state index in [1.807, 2.05) is 0 Å². The molecule has 0 aromatic rings. The summed E-state index contributed by atoms with van der Waals surface area (Å²) in [5, 5.41) is 0. The second-order valence-electron chi connectivity index (χ2n) is 5.42. The van der Waals surface area contributed by atoms with Gasteiger partial charge in [0, 0.05) is 32.2 Å². The molecule has 15 heavy (non-hydrogen) atoms. The highest BCUT2D eigenvalue weighted by Gasteiger charge is 2.52. The molecule has 1 heterocycles. The minimum atomic E-state index is 0.386. The third-order valence-electron chi connectivity index (χ3n) is 3.52. The van der Waals surface area contributed by atoms with Crippen molar-refractivity contribution in [1.82, 2.24) is 4.90 Å². The molecule has 3 heteroatoms. The third-order valence-corrected chi connectivity index (χ3v) is 3.52. The molecule has 0 aromatic heterocycles. The van der Waals surface area contributed by atoms with E-state index in [0.717, 1.165) is 13.2 Å². The summed E-state index contributed by atoms with van der Waals surface area (Å²) in [6.45, 7) is 8.71. The van der Waals surface area contributed by atoms with Crippen molar-refractivity contribution in [2.75, 3.05) is 33.4 Å². The van der Waals surface area contributed by atoms with E-state index in [1.165, 1.54) is 25.9 Å². The van der Waals surface area contributed by atoms with Gasteiger partial charge in [0.2, 0.25) is 0 Å². The fourth-order valence-electron chi connectivity index (χ4n) is 2.93. The van der Waals surface area contributed by atoms with Gasteiger partial charge in [-0.15, -0.1) is 0 Å². The summed E-state index contributed by atoms with van der Waals surface area (Å²) in [4.78, 5) is 2.48. The molecule has 1 aliphatic heterocycles. The van der Waals surface area contributed by atoms with Gasteiger partial charge in [0.15, 0.2) is 0 Å². The number of hydrogen-bond donors (Lipinski definition) is 0. The normalized spacial score (nSPS) is 25.6. The summed E-state index contributed by atoms with van der Waals surface area (Å²) in [6.07, 6.45) is 3.47. The molecule has 88 valence electrons. The number of likely N-dealkylation sites (tertiary alicyclic amines) is 1. The Morgan fingerprint density at radius 2 is 2.00 bits per heavy atom. The minimum Gasteiger partial charge on any atom is -0.383 e. The van der Waals surface area contributed by atoms with E-state index in [4.69, 9.17) is 9.47 Å². The van der Waals surface area contributed by atoms with Crippen molar-refractivity contribution in [2.45, 2.75) is 38.9 Å². The Labute approximate surface area is 92.7 Å². The lowest BCUT2D eigenvalue weighted by Crippen LogP contribution is -2.64. The van der Waals surface area contributed by atoms with Crippen LogP contribution in [-0.4, -0.2) is 50.5 Å². The van der Waals surface area contributed by atoms with Gasteiger partial charge in [-0.25, -0.2) is 0 Å². The minimum absolute atomic E-state index is 0.386. The topological polar surface area (TPSA) is 21.7 Å². The Kier molecular flexibility index (Phi) is 3.33. The van der Waals surface area contributed by atoms with Crippen molar-refractivity contribution in [1.29, 1.82) is 0 Å². The van der Waals surface area contributed by atoms with Gasteiger partial charge in [-0.3, -0.25) is 4.90 Å². The van der Waals surface area contributed by atoms with Crippen molar-refractivity contribution in [3.63, 3.8) is 0 Å². The molecule has 3 nitrogen and oxygen atoms in total. The SMILES string of the molecule is COCCN1CC2(CC(OC(C)C)C2)C1. The van der Waals surface area contributed by atoms with E-state index in [2.05, 4.69) is 18.7 Å². The Bertz CT molecular complexity index is 204. The number of hydrogen-bond acceptors (Lipinski definition) is 3. The summed E-state index contributed by atoms with van der Waals surface area (Å²) >= 11 is 0. The van der Waals surface area contributed by atoms with Crippen LogP contribution < -0.4 is 0 Å². The van der Waals surface area contributed by atoms with E-state index < -0.39 is 0 Å².